The van der Waals surface area contributed by atoms with E-state index in [-0.39, 0.29) is 34.5 Å². The van der Waals surface area contributed by atoms with Gasteiger partial charge in [-0.1, -0.05) is 11.6 Å². The van der Waals surface area contributed by atoms with Gasteiger partial charge in [0.05, 0.1) is 28.3 Å². The van der Waals surface area contributed by atoms with Gasteiger partial charge in [0.1, 0.15) is 5.15 Å². The van der Waals surface area contributed by atoms with E-state index in [1.54, 1.807) is 6.07 Å². The fraction of sp³-hybridized carbons (Fsp3) is 0.0714. The van der Waals surface area contributed by atoms with Crippen LogP contribution < -0.4 is 14.9 Å². The van der Waals surface area contributed by atoms with E-state index >= 15 is 0 Å². The fourth-order valence-corrected chi connectivity index (χ4v) is 2.19. The number of nitro benzene ring substituents is 1. The van der Waals surface area contributed by atoms with Crippen molar-refractivity contribution in [2.24, 2.45) is 5.10 Å². The molecule has 122 valence electrons. The molecule has 2 aromatic rings. The number of aromatic nitrogens is 1. The van der Waals surface area contributed by atoms with Crippen LogP contribution in [-0.4, -0.2) is 28.8 Å². The van der Waals surface area contributed by atoms with Gasteiger partial charge in [-0.25, -0.2) is 10.4 Å². The molecule has 0 fully saturated rings. The zero-order valence-corrected chi connectivity index (χ0v) is 12.7. The summed E-state index contributed by atoms with van der Waals surface area (Å²) in [5.41, 5.74) is 2.30. The molecule has 1 aliphatic rings. The number of nitrogens with zero attached hydrogens (tertiary/aromatic N) is 3. The minimum atomic E-state index is -0.590. The first-order valence-electron chi connectivity index (χ1n) is 6.58. The third-order valence-corrected chi connectivity index (χ3v) is 3.39. The highest BCUT2D eigenvalue weighted by Gasteiger charge is 2.22. The summed E-state index contributed by atoms with van der Waals surface area (Å²) in [5.74, 6) is 0.0569. The van der Waals surface area contributed by atoms with E-state index < -0.39 is 10.8 Å². The van der Waals surface area contributed by atoms with Gasteiger partial charge in [0.25, 0.3) is 11.6 Å². The number of nitro groups is 1. The fourth-order valence-electron chi connectivity index (χ4n) is 1.98. The molecular weight excluding hydrogens is 340 g/mol. The second-order valence-electron chi connectivity index (χ2n) is 4.56. The Balaban J connectivity index is 1.81. The zero-order valence-electron chi connectivity index (χ0n) is 11.9. The molecule has 24 heavy (non-hydrogen) atoms. The molecule has 0 spiro atoms. The highest BCUT2D eigenvalue weighted by atomic mass is 35.5. The van der Waals surface area contributed by atoms with E-state index in [0.29, 0.717) is 5.75 Å². The summed E-state index contributed by atoms with van der Waals surface area (Å²) >= 11 is 5.80. The first-order valence-corrected chi connectivity index (χ1v) is 6.96. The number of amides is 1. The molecule has 0 radical (unpaired) electrons. The van der Waals surface area contributed by atoms with Gasteiger partial charge in [0, 0.05) is 6.20 Å². The number of rotatable bonds is 4. The number of ether oxygens (including phenoxy) is 2. The quantitative estimate of drug-likeness (QED) is 0.391. The largest absolute Gasteiger partial charge is 0.454 e. The Morgan fingerprint density at radius 2 is 2.17 bits per heavy atom. The van der Waals surface area contributed by atoms with Gasteiger partial charge in [0.2, 0.25) is 6.79 Å². The lowest BCUT2D eigenvalue weighted by atomic mass is 10.1. The van der Waals surface area contributed by atoms with Gasteiger partial charge in [-0.2, -0.15) is 5.10 Å². The van der Waals surface area contributed by atoms with Gasteiger partial charge in [-0.3, -0.25) is 14.9 Å². The van der Waals surface area contributed by atoms with Crippen molar-refractivity contribution < 1.29 is 19.2 Å². The minimum absolute atomic E-state index is 0.0106. The molecule has 0 aliphatic carbocycles. The van der Waals surface area contributed by atoms with Crippen LogP contribution in [0.1, 0.15) is 15.9 Å². The SMILES string of the molecule is O=C(NN=Cc1cc2c(cc1[N+](=O)[O-])OCO2)c1cccnc1Cl. The second-order valence-corrected chi connectivity index (χ2v) is 4.92. The van der Waals surface area contributed by atoms with Crippen molar-refractivity contribution in [3.8, 4) is 11.5 Å². The van der Waals surface area contributed by atoms with E-state index in [1.807, 2.05) is 0 Å². The van der Waals surface area contributed by atoms with Crippen LogP contribution in [-0.2, 0) is 0 Å². The predicted molar refractivity (Wildman–Crippen MR) is 83.5 cm³/mol. The third-order valence-electron chi connectivity index (χ3n) is 3.09. The molecule has 3 rings (SSSR count). The third kappa shape index (κ3) is 3.10. The Kier molecular flexibility index (Phi) is 4.25. The minimum Gasteiger partial charge on any atom is -0.454 e. The van der Waals surface area contributed by atoms with Crippen LogP contribution in [0.3, 0.4) is 0 Å². The predicted octanol–water partition coefficient (Wildman–Crippen LogP) is 2.14. The van der Waals surface area contributed by atoms with Crippen molar-refractivity contribution in [1.29, 1.82) is 0 Å². The molecule has 10 heteroatoms. The Labute approximate surface area is 140 Å². The van der Waals surface area contributed by atoms with Crippen molar-refractivity contribution >= 4 is 29.4 Å². The van der Waals surface area contributed by atoms with Gasteiger partial charge in [-0.05, 0) is 18.2 Å². The number of pyridine rings is 1. The number of halogens is 1. The maximum absolute atomic E-state index is 11.9. The van der Waals surface area contributed by atoms with E-state index in [1.165, 1.54) is 24.4 Å². The molecule has 1 amide bonds. The van der Waals surface area contributed by atoms with Gasteiger partial charge >= 0.3 is 0 Å². The van der Waals surface area contributed by atoms with Crippen LogP contribution in [0.15, 0.2) is 35.6 Å². The summed E-state index contributed by atoms with van der Waals surface area (Å²) < 4.78 is 10.3. The normalized spacial score (nSPS) is 12.4. The lowest BCUT2D eigenvalue weighted by molar-refractivity contribution is -0.385. The van der Waals surface area contributed by atoms with E-state index in [2.05, 4.69) is 15.5 Å². The number of carbonyl (C=O) groups is 1. The highest BCUT2D eigenvalue weighted by Crippen LogP contribution is 2.37. The molecule has 1 aromatic heterocycles. The number of nitrogens with one attached hydrogen (secondary N) is 1. The zero-order chi connectivity index (χ0) is 17.1. The van der Waals surface area contributed by atoms with E-state index in [0.717, 1.165) is 6.21 Å². The molecule has 0 saturated carbocycles. The number of hydrogen-bond donors (Lipinski definition) is 1. The summed E-state index contributed by atoms with van der Waals surface area (Å²) in [5, 5.41) is 14.9. The summed E-state index contributed by atoms with van der Waals surface area (Å²) in [6.45, 7) is -0.0106. The first-order chi connectivity index (χ1) is 11.6. The van der Waals surface area contributed by atoms with Crippen LogP contribution in [0.4, 0.5) is 5.69 Å². The number of carbonyl (C=O) groups excluding carboxylic acids is 1. The van der Waals surface area contributed by atoms with Gasteiger partial charge < -0.3 is 9.47 Å². The number of fused-ring (bicyclic) bond motifs is 1. The lowest BCUT2D eigenvalue weighted by Crippen LogP contribution is -2.18. The molecule has 0 bridgehead atoms. The summed E-state index contributed by atoms with van der Waals surface area (Å²) in [7, 11) is 0. The Morgan fingerprint density at radius 3 is 2.88 bits per heavy atom. The van der Waals surface area contributed by atoms with Crippen molar-refractivity contribution in [1.82, 2.24) is 10.4 Å². The average molecular weight is 349 g/mol. The second kappa shape index (κ2) is 6.50. The molecule has 0 unspecified atom stereocenters. The summed E-state index contributed by atoms with van der Waals surface area (Å²) in [6.07, 6.45) is 2.58. The molecule has 0 atom stereocenters. The highest BCUT2D eigenvalue weighted by molar-refractivity contribution is 6.32. The van der Waals surface area contributed by atoms with E-state index in [9.17, 15) is 14.9 Å². The molecule has 9 nitrogen and oxygen atoms in total. The summed E-state index contributed by atoms with van der Waals surface area (Å²) in [6, 6.07) is 5.67. The standard InChI is InChI=1S/C14H9ClN4O5/c15-13-9(2-1-3-16-13)14(20)18-17-6-8-4-11-12(24-7-23-11)5-10(8)19(21)22/h1-6H,7H2,(H,18,20). The van der Waals surface area contributed by atoms with Crippen molar-refractivity contribution in [2.75, 3.05) is 6.79 Å². The molecular formula is C14H9ClN4O5. The first kappa shape index (κ1) is 15.7. The van der Waals surface area contributed by atoms with Crippen LogP contribution in [0.2, 0.25) is 5.15 Å². The maximum Gasteiger partial charge on any atom is 0.282 e. The van der Waals surface area contributed by atoms with Crippen LogP contribution in [0.5, 0.6) is 11.5 Å². The molecule has 1 N–H and O–H groups in total. The summed E-state index contributed by atoms with van der Waals surface area (Å²) in [4.78, 5) is 26.2. The van der Waals surface area contributed by atoms with Gasteiger partial charge in [0.15, 0.2) is 11.5 Å². The Bertz CT molecular complexity index is 855. The van der Waals surface area contributed by atoms with Crippen LogP contribution in [0.25, 0.3) is 0 Å². The monoisotopic (exact) mass is 348 g/mol. The molecule has 0 saturated heterocycles. The average Bonchev–Trinajstić information content (AvgIpc) is 3.01. The van der Waals surface area contributed by atoms with Crippen molar-refractivity contribution in [3.63, 3.8) is 0 Å². The molecule has 1 aliphatic heterocycles. The van der Waals surface area contributed by atoms with Crippen LogP contribution >= 0.6 is 11.6 Å². The van der Waals surface area contributed by atoms with Crippen molar-refractivity contribution in [2.45, 2.75) is 0 Å². The van der Waals surface area contributed by atoms with E-state index in [4.69, 9.17) is 21.1 Å². The maximum atomic E-state index is 11.9. The lowest BCUT2D eigenvalue weighted by Gasteiger charge is -2.02. The molecule has 1 aromatic carbocycles. The smallest absolute Gasteiger partial charge is 0.282 e. The number of hydrazone groups is 1. The number of hydrogen-bond acceptors (Lipinski definition) is 7. The number of benzene rings is 1. The Hall–Kier alpha value is -3.20. The Morgan fingerprint density at radius 1 is 1.42 bits per heavy atom. The van der Waals surface area contributed by atoms with Crippen molar-refractivity contribution in [3.05, 3.63) is 56.9 Å². The van der Waals surface area contributed by atoms with Crippen LogP contribution in [0, 0.1) is 10.1 Å². The topological polar surface area (TPSA) is 116 Å². The molecule has 2 heterocycles. The van der Waals surface area contributed by atoms with Gasteiger partial charge in [-0.15, -0.1) is 0 Å².